The van der Waals surface area contributed by atoms with Gasteiger partial charge in [-0.15, -0.1) is 11.3 Å². The molecule has 1 heterocycles. The molecule has 7 heteroatoms. The van der Waals surface area contributed by atoms with Crippen LogP contribution in [0.5, 0.6) is 0 Å². The SMILES string of the molecule is NS(=O)(=O)c1ccc(Cl)c(NC2CCCc3sccc32)c1. The van der Waals surface area contributed by atoms with Gasteiger partial charge in [-0.3, -0.25) is 0 Å². The van der Waals surface area contributed by atoms with Crippen LogP contribution in [0.2, 0.25) is 5.02 Å². The summed E-state index contributed by atoms with van der Waals surface area (Å²) in [4.78, 5) is 1.45. The molecule has 1 atom stereocenters. The average molecular weight is 343 g/mol. The Morgan fingerprint density at radius 1 is 1.33 bits per heavy atom. The summed E-state index contributed by atoms with van der Waals surface area (Å²) >= 11 is 7.93. The normalized spacial score (nSPS) is 18.3. The largest absolute Gasteiger partial charge is 0.377 e. The smallest absolute Gasteiger partial charge is 0.238 e. The van der Waals surface area contributed by atoms with E-state index in [1.165, 1.54) is 22.6 Å². The minimum Gasteiger partial charge on any atom is -0.377 e. The van der Waals surface area contributed by atoms with Crippen molar-refractivity contribution in [3.8, 4) is 0 Å². The maximum Gasteiger partial charge on any atom is 0.238 e. The number of anilines is 1. The summed E-state index contributed by atoms with van der Waals surface area (Å²) in [6, 6.07) is 6.75. The monoisotopic (exact) mass is 342 g/mol. The number of aryl methyl sites for hydroxylation is 1. The van der Waals surface area contributed by atoms with Crippen LogP contribution in [-0.2, 0) is 16.4 Å². The lowest BCUT2D eigenvalue weighted by atomic mass is 9.94. The van der Waals surface area contributed by atoms with Gasteiger partial charge in [0, 0.05) is 4.88 Å². The highest BCUT2D eigenvalue weighted by atomic mass is 35.5. The van der Waals surface area contributed by atoms with Crippen molar-refractivity contribution in [1.29, 1.82) is 0 Å². The highest BCUT2D eigenvalue weighted by Crippen LogP contribution is 2.37. The fraction of sp³-hybridized carbons (Fsp3) is 0.286. The minimum absolute atomic E-state index is 0.0655. The predicted molar refractivity (Wildman–Crippen MR) is 86.4 cm³/mol. The molecule has 0 spiro atoms. The number of hydrogen-bond donors (Lipinski definition) is 2. The molecule has 0 fully saturated rings. The fourth-order valence-electron chi connectivity index (χ4n) is 2.62. The predicted octanol–water partition coefficient (Wildman–Crippen LogP) is 3.54. The Balaban J connectivity index is 1.93. The number of benzene rings is 1. The molecule has 1 aliphatic rings. The van der Waals surface area contributed by atoms with E-state index in [1.54, 1.807) is 17.4 Å². The molecule has 1 aromatic carbocycles. The number of rotatable bonds is 3. The molecule has 3 N–H and O–H groups in total. The molecule has 21 heavy (non-hydrogen) atoms. The Labute approximate surface area is 133 Å². The van der Waals surface area contributed by atoms with Crippen molar-refractivity contribution in [1.82, 2.24) is 0 Å². The topological polar surface area (TPSA) is 72.2 Å². The van der Waals surface area contributed by atoms with Gasteiger partial charge in [0.15, 0.2) is 0 Å². The molecule has 0 saturated heterocycles. The van der Waals surface area contributed by atoms with Crippen LogP contribution in [0.25, 0.3) is 0 Å². The molecule has 4 nitrogen and oxygen atoms in total. The highest BCUT2D eigenvalue weighted by molar-refractivity contribution is 7.89. The lowest BCUT2D eigenvalue weighted by Gasteiger charge is -2.25. The first-order chi connectivity index (χ1) is 9.95. The second-order valence-electron chi connectivity index (χ2n) is 5.07. The summed E-state index contributed by atoms with van der Waals surface area (Å²) in [5, 5.41) is 11.1. The van der Waals surface area contributed by atoms with Gasteiger partial charge in [-0.05, 0) is 54.5 Å². The van der Waals surface area contributed by atoms with Crippen LogP contribution >= 0.6 is 22.9 Å². The van der Waals surface area contributed by atoms with Crippen LogP contribution in [0.4, 0.5) is 5.69 Å². The summed E-state index contributed by atoms with van der Waals surface area (Å²) in [5.41, 5.74) is 1.88. The Hall–Kier alpha value is -1.08. The third-order valence-electron chi connectivity index (χ3n) is 3.65. The molecule has 2 aromatic rings. The maximum absolute atomic E-state index is 11.5. The van der Waals surface area contributed by atoms with E-state index in [4.69, 9.17) is 16.7 Å². The van der Waals surface area contributed by atoms with Gasteiger partial charge in [0.2, 0.25) is 10.0 Å². The number of thiophene rings is 1. The minimum atomic E-state index is -3.73. The lowest BCUT2D eigenvalue weighted by molar-refractivity contribution is 0.597. The first kappa shape index (κ1) is 14.8. The van der Waals surface area contributed by atoms with Gasteiger partial charge >= 0.3 is 0 Å². The zero-order valence-electron chi connectivity index (χ0n) is 11.2. The standard InChI is InChI=1S/C14H15ClN2O2S2/c15-11-5-4-9(21(16,18)19)8-13(11)17-12-2-1-3-14-10(12)6-7-20-14/h4-8,12,17H,1-3H2,(H2,16,18,19). The second kappa shape index (κ2) is 5.61. The average Bonchev–Trinajstić information content (AvgIpc) is 2.89. The molecule has 0 aliphatic heterocycles. The van der Waals surface area contributed by atoms with Gasteiger partial charge in [-0.2, -0.15) is 0 Å². The molecular formula is C14H15ClN2O2S2. The van der Waals surface area contributed by atoms with Gasteiger partial charge < -0.3 is 5.32 Å². The summed E-state index contributed by atoms with van der Waals surface area (Å²) in [5.74, 6) is 0. The van der Waals surface area contributed by atoms with Crippen molar-refractivity contribution >= 4 is 38.6 Å². The third kappa shape index (κ3) is 3.08. The van der Waals surface area contributed by atoms with Crippen molar-refractivity contribution < 1.29 is 8.42 Å². The van der Waals surface area contributed by atoms with Gasteiger partial charge in [-0.1, -0.05) is 11.6 Å². The van der Waals surface area contributed by atoms with E-state index in [0.717, 1.165) is 19.3 Å². The molecule has 1 aliphatic carbocycles. The summed E-state index contributed by atoms with van der Waals surface area (Å²) in [6.07, 6.45) is 3.22. The Bertz CT molecular complexity index is 771. The first-order valence-corrected chi connectivity index (χ1v) is 9.41. The van der Waals surface area contributed by atoms with E-state index in [9.17, 15) is 8.42 Å². The number of nitrogens with two attached hydrogens (primary N) is 1. The van der Waals surface area contributed by atoms with E-state index < -0.39 is 10.0 Å². The summed E-state index contributed by atoms with van der Waals surface area (Å²) in [6.45, 7) is 0. The van der Waals surface area contributed by atoms with E-state index in [-0.39, 0.29) is 10.9 Å². The van der Waals surface area contributed by atoms with Crippen LogP contribution in [0.15, 0.2) is 34.5 Å². The second-order valence-corrected chi connectivity index (χ2v) is 8.04. The number of halogens is 1. The van der Waals surface area contributed by atoms with Gasteiger partial charge in [-0.25, -0.2) is 13.6 Å². The molecule has 0 saturated carbocycles. The van der Waals surface area contributed by atoms with Crippen LogP contribution in [0, 0.1) is 0 Å². The van der Waals surface area contributed by atoms with E-state index in [1.807, 2.05) is 0 Å². The van der Waals surface area contributed by atoms with Crippen molar-refractivity contribution in [2.45, 2.75) is 30.2 Å². The molecule has 0 bridgehead atoms. The number of sulfonamides is 1. The van der Waals surface area contributed by atoms with Crippen LogP contribution in [0.3, 0.4) is 0 Å². The zero-order valence-corrected chi connectivity index (χ0v) is 13.6. The quantitative estimate of drug-likeness (QED) is 0.896. The molecule has 0 amide bonds. The van der Waals surface area contributed by atoms with Crippen LogP contribution < -0.4 is 10.5 Å². The Morgan fingerprint density at radius 3 is 2.90 bits per heavy atom. The van der Waals surface area contributed by atoms with Crippen LogP contribution in [-0.4, -0.2) is 8.42 Å². The number of primary sulfonamides is 1. The third-order valence-corrected chi connectivity index (χ3v) is 5.89. The molecule has 0 radical (unpaired) electrons. The van der Waals surface area contributed by atoms with Crippen LogP contribution in [0.1, 0.15) is 29.3 Å². The van der Waals surface area contributed by atoms with Gasteiger partial charge in [0.25, 0.3) is 0 Å². The highest BCUT2D eigenvalue weighted by Gasteiger charge is 2.22. The number of nitrogens with one attached hydrogen (secondary N) is 1. The molecule has 1 unspecified atom stereocenters. The van der Waals surface area contributed by atoms with Gasteiger partial charge in [0.05, 0.1) is 21.6 Å². The Morgan fingerprint density at radius 2 is 2.14 bits per heavy atom. The van der Waals surface area contributed by atoms with Gasteiger partial charge in [0.1, 0.15) is 0 Å². The molecular weight excluding hydrogens is 328 g/mol. The first-order valence-electron chi connectivity index (χ1n) is 6.60. The maximum atomic E-state index is 11.5. The molecule has 1 aromatic heterocycles. The Kier molecular flexibility index (Phi) is 3.96. The van der Waals surface area contributed by atoms with E-state index in [2.05, 4.69) is 16.8 Å². The lowest BCUT2D eigenvalue weighted by Crippen LogP contribution is -2.17. The van der Waals surface area contributed by atoms with Crippen molar-refractivity contribution in [2.75, 3.05) is 5.32 Å². The van der Waals surface area contributed by atoms with E-state index >= 15 is 0 Å². The van der Waals surface area contributed by atoms with Crippen molar-refractivity contribution in [2.24, 2.45) is 5.14 Å². The summed E-state index contributed by atoms with van der Waals surface area (Å²) in [7, 11) is -3.73. The number of fused-ring (bicyclic) bond motifs is 1. The van der Waals surface area contributed by atoms with Crippen molar-refractivity contribution in [3.63, 3.8) is 0 Å². The number of hydrogen-bond acceptors (Lipinski definition) is 4. The van der Waals surface area contributed by atoms with Crippen molar-refractivity contribution in [3.05, 3.63) is 45.1 Å². The molecule has 3 rings (SSSR count). The fourth-order valence-corrected chi connectivity index (χ4v) is 4.32. The summed E-state index contributed by atoms with van der Waals surface area (Å²) < 4.78 is 22.9. The zero-order chi connectivity index (χ0) is 15.0. The molecule has 112 valence electrons. The van der Waals surface area contributed by atoms with E-state index in [0.29, 0.717) is 10.7 Å².